The van der Waals surface area contributed by atoms with Crippen LogP contribution in [0.25, 0.3) is 0 Å². The van der Waals surface area contributed by atoms with Crippen molar-refractivity contribution in [1.82, 2.24) is 4.90 Å². The molecule has 5 heteroatoms. The quantitative estimate of drug-likeness (QED) is 0.543. The molecule has 56 valence electrons. The maximum Gasteiger partial charge on any atom is 0.405 e. The Kier molecular flexibility index (Phi) is 1.82. The first-order chi connectivity index (χ1) is 4.58. The van der Waals surface area contributed by atoms with E-state index >= 15 is 0 Å². The van der Waals surface area contributed by atoms with Crippen molar-refractivity contribution >= 4 is 6.34 Å². The molecular formula is C5H5F3N2. The number of rotatable bonds is 1. The van der Waals surface area contributed by atoms with E-state index in [4.69, 9.17) is 0 Å². The summed E-state index contributed by atoms with van der Waals surface area (Å²) in [5, 5.41) is 0. The monoisotopic (exact) mass is 150 g/mol. The zero-order valence-corrected chi connectivity index (χ0v) is 5.02. The summed E-state index contributed by atoms with van der Waals surface area (Å²) in [5.41, 5.74) is 0. The summed E-state index contributed by atoms with van der Waals surface area (Å²) in [5.74, 6) is 0. The van der Waals surface area contributed by atoms with Crippen molar-refractivity contribution in [3.63, 3.8) is 0 Å². The van der Waals surface area contributed by atoms with Crippen molar-refractivity contribution in [2.45, 2.75) is 6.18 Å². The van der Waals surface area contributed by atoms with E-state index in [2.05, 4.69) is 11.3 Å². The molecule has 1 aliphatic heterocycles. The second-order valence-corrected chi connectivity index (χ2v) is 1.87. The maximum atomic E-state index is 11.6. The van der Waals surface area contributed by atoms with E-state index in [9.17, 15) is 13.2 Å². The molecule has 2 radical (unpaired) electrons. The molecule has 0 N–H and O–H groups in total. The highest BCUT2D eigenvalue weighted by Crippen LogP contribution is 2.17. The van der Waals surface area contributed by atoms with Gasteiger partial charge < -0.3 is 4.90 Å². The van der Waals surface area contributed by atoms with Crippen LogP contribution in [0.15, 0.2) is 4.99 Å². The van der Waals surface area contributed by atoms with E-state index in [0.717, 1.165) is 4.90 Å². The lowest BCUT2D eigenvalue weighted by Crippen LogP contribution is -2.29. The zero-order valence-electron chi connectivity index (χ0n) is 5.02. The Bertz CT molecular complexity index is 140. The average molecular weight is 150 g/mol. The van der Waals surface area contributed by atoms with E-state index in [0.29, 0.717) is 6.54 Å². The maximum absolute atomic E-state index is 11.6. The second-order valence-electron chi connectivity index (χ2n) is 1.87. The fourth-order valence-corrected chi connectivity index (χ4v) is 0.605. The highest BCUT2D eigenvalue weighted by Gasteiger charge is 2.30. The van der Waals surface area contributed by atoms with E-state index in [1.807, 2.05) is 0 Å². The van der Waals surface area contributed by atoms with Crippen LogP contribution in [-0.2, 0) is 0 Å². The first-order valence-corrected chi connectivity index (χ1v) is 2.67. The third-order valence-electron chi connectivity index (χ3n) is 0.942. The van der Waals surface area contributed by atoms with Gasteiger partial charge in [-0.3, -0.25) is 4.99 Å². The number of aliphatic imine (C=N–C) groups is 1. The molecule has 0 unspecified atom stereocenters. The Hall–Kier alpha value is -0.740. The van der Waals surface area contributed by atoms with Crippen LogP contribution in [0.5, 0.6) is 0 Å². The van der Waals surface area contributed by atoms with Crippen molar-refractivity contribution in [2.24, 2.45) is 4.99 Å². The highest BCUT2D eigenvalue weighted by molar-refractivity contribution is 5.58. The van der Waals surface area contributed by atoms with Crippen LogP contribution in [-0.4, -0.2) is 30.5 Å². The summed E-state index contributed by atoms with van der Waals surface area (Å²) in [6.45, 7) is 0.653. The van der Waals surface area contributed by atoms with Crippen LogP contribution in [0.3, 0.4) is 0 Å². The van der Waals surface area contributed by atoms with Gasteiger partial charge in [-0.2, -0.15) is 13.2 Å². The van der Waals surface area contributed by atoms with Gasteiger partial charge in [-0.15, -0.1) is 0 Å². The SMILES string of the molecule is FC(F)(F)CN1[C]=NC[CH]1. The number of alkyl halides is 3. The molecule has 0 aliphatic carbocycles. The lowest BCUT2D eigenvalue weighted by molar-refractivity contribution is -0.134. The molecule has 0 aromatic carbocycles. The molecule has 1 aliphatic rings. The molecule has 0 amide bonds. The molecule has 0 spiro atoms. The van der Waals surface area contributed by atoms with Gasteiger partial charge in [0.2, 0.25) is 0 Å². The number of nitrogens with zero attached hydrogens (tertiary/aromatic N) is 2. The average Bonchev–Trinajstić information content (AvgIpc) is 2.12. The molecule has 10 heavy (non-hydrogen) atoms. The van der Waals surface area contributed by atoms with Gasteiger partial charge in [0.1, 0.15) is 6.54 Å². The standard InChI is InChI=1S/C5H5F3N2/c6-5(7,8)3-10-2-1-9-4-10/h2H,1,3H2. The molecule has 0 saturated heterocycles. The molecule has 1 rings (SSSR count). The highest BCUT2D eigenvalue weighted by atomic mass is 19.4. The molecular weight excluding hydrogens is 145 g/mol. The fourth-order valence-electron chi connectivity index (χ4n) is 0.605. The Morgan fingerprint density at radius 3 is 2.70 bits per heavy atom. The second kappa shape index (κ2) is 2.48. The van der Waals surface area contributed by atoms with Crippen LogP contribution in [0, 0.1) is 6.54 Å². The minimum Gasteiger partial charge on any atom is -0.338 e. The van der Waals surface area contributed by atoms with Crippen LogP contribution in [0.1, 0.15) is 0 Å². The predicted molar refractivity (Wildman–Crippen MR) is 29.4 cm³/mol. The van der Waals surface area contributed by atoms with Crippen molar-refractivity contribution < 1.29 is 13.2 Å². The van der Waals surface area contributed by atoms with Gasteiger partial charge in [0.15, 0.2) is 6.34 Å². The Labute approximate surface area is 56.3 Å². The third-order valence-corrected chi connectivity index (χ3v) is 0.942. The van der Waals surface area contributed by atoms with Crippen LogP contribution >= 0.6 is 0 Å². The van der Waals surface area contributed by atoms with Crippen molar-refractivity contribution in [3.05, 3.63) is 6.54 Å². The lowest BCUT2D eigenvalue weighted by Gasteiger charge is -2.13. The Morgan fingerprint density at radius 1 is 1.60 bits per heavy atom. The minimum absolute atomic E-state index is 0.302. The van der Waals surface area contributed by atoms with Gasteiger partial charge in [0.05, 0.1) is 13.1 Å². The molecule has 0 atom stereocenters. The summed E-state index contributed by atoms with van der Waals surface area (Å²) in [6, 6.07) is 0. The molecule has 1 heterocycles. The largest absolute Gasteiger partial charge is 0.405 e. The minimum atomic E-state index is -4.16. The van der Waals surface area contributed by atoms with Crippen LogP contribution < -0.4 is 0 Å². The fraction of sp³-hybridized carbons (Fsp3) is 0.600. The summed E-state index contributed by atoms with van der Waals surface area (Å²) in [7, 11) is 0. The van der Waals surface area contributed by atoms with Crippen molar-refractivity contribution in [1.29, 1.82) is 0 Å². The molecule has 0 aromatic heterocycles. The van der Waals surface area contributed by atoms with Crippen molar-refractivity contribution in [3.8, 4) is 0 Å². The Morgan fingerprint density at radius 2 is 2.30 bits per heavy atom. The van der Waals surface area contributed by atoms with E-state index in [1.165, 1.54) is 6.54 Å². The Balaban J connectivity index is 2.31. The first-order valence-electron chi connectivity index (χ1n) is 2.67. The van der Waals surface area contributed by atoms with Gasteiger partial charge in [0.25, 0.3) is 0 Å². The van der Waals surface area contributed by atoms with Gasteiger partial charge in [-0.05, 0) is 0 Å². The summed E-state index contributed by atoms with van der Waals surface area (Å²) in [6.07, 6.45) is -1.97. The zero-order chi connectivity index (χ0) is 7.61. The van der Waals surface area contributed by atoms with E-state index in [1.54, 1.807) is 0 Å². The normalized spacial score (nSPS) is 18.5. The van der Waals surface area contributed by atoms with Gasteiger partial charge in [-0.25, -0.2) is 0 Å². The van der Waals surface area contributed by atoms with Gasteiger partial charge >= 0.3 is 6.18 Å². The number of halogens is 3. The smallest absolute Gasteiger partial charge is 0.338 e. The van der Waals surface area contributed by atoms with E-state index < -0.39 is 12.7 Å². The first kappa shape index (κ1) is 7.37. The van der Waals surface area contributed by atoms with Gasteiger partial charge in [0, 0.05) is 0 Å². The number of hydrogen-bond acceptors (Lipinski definition) is 2. The topological polar surface area (TPSA) is 15.6 Å². The summed E-state index contributed by atoms with van der Waals surface area (Å²) >= 11 is 0. The predicted octanol–water partition coefficient (Wildman–Crippen LogP) is 0.931. The van der Waals surface area contributed by atoms with E-state index in [-0.39, 0.29) is 0 Å². The lowest BCUT2D eigenvalue weighted by atomic mass is 10.5. The third kappa shape index (κ3) is 2.24. The summed E-state index contributed by atoms with van der Waals surface area (Å²) < 4.78 is 34.7. The molecule has 2 nitrogen and oxygen atoms in total. The molecule has 0 aromatic rings. The summed E-state index contributed by atoms with van der Waals surface area (Å²) in [4.78, 5) is 4.37. The van der Waals surface area contributed by atoms with Gasteiger partial charge in [-0.1, -0.05) is 0 Å². The molecule has 0 bridgehead atoms. The van der Waals surface area contributed by atoms with Crippen LogP contribution in [0.2, 0.25) is 0 Å². The molecule has 0 saturated carbocycles. The molecule has 0 fully saturated rings. The van der Waals surface area contributed by atoms with Crippen LogP contribution in [0.4, 0.5) is 13.2 Å². The van der Waals surface area contributed by atoms with Crippen molar-refractivity contribution in [2.75, 3.05) is 13.1 Å². The number of hydrogen-bond donors (Lipinski definition) is 0.